The number of hydrogen-bond acceptors (Lipinski definition) is 3. The van der Waals surface area contributed by atoms with E-state index < -0.39 is 6.10 Å². The maximum atomic E-state index is 12.5. The molecule has 2 saturated heterocycles. The molecule has 1 spiro atoms. The summed E-state index contributed by atoms with van der Waals surface area (Å²) in [6.07, 6.45) is 8.97. The highest BCUT2D eigenvalue weighted by Crippen LogP contribution is 2.39. The molecular formula is C19H32N2O3. The van der Waals surface area contributed by atoms with Crippen LogP contribution < -0.4 is 0 Å². The van der Waals surface area contributed by atoms with Crippen LogP contribution in [0.5, 0.6) is 0 Å². The van der Waals surface area contributed by atoms with E-state index in [2.05, 4.69) is 6.08 Å². The molecule has 136 valence electrons. The smallest absolute Gasteiger partial charge is 0.222 e. The molecule has 5 nitrogen and oxygen atoms in total. The fourth-order valence-electron chi connectivity index (χ4n) is 4.06. The Labute approximate surface area is 145 Å². The molecule has 0 radical (unpaired) electrons. The quantitative estimate of drug-likeness (QED) is 0.619. The SMILES string of the molecule is C/C=C/CCCC(=O)N1CCC[C@@]2(CN(C(=O)CC)CC[C@H]2O)C1. The second kappa shape index (κ2) is 8.65. The lowest BCUT2D eigenvalue weighted by atomic mass is 9.71. The lowest BCUT2D eigenvalue weighted by molar-refractivity contribution is -0.148. The maximum absolute atomic E-state index is 12.5. The highest BCUT2D eigenvalue weighted by molar-refractivity contribution is 5.77. The summed E-state index contributed by atoms with van der Waals surface area (Å²) in [6, 6.07) is 0. The van der Waals surface area contributed by atoms with Crippen molar-refractivity contribution in [3.05, 3.63) is 12.2 Å². The molecule has 0 saturated carbocycles. The zero-order valence-corrected chi connectivity index (χ0v) is 15.2. The van der Waals surface area contributed by atoms with Gasteiger partial charge in [0.1, 0.15) is 0 Å². The number of carbonyl (C=O) groups is 2. The molecule has 0 bridgehead atoms. The third kappa shape index (κ3) is 4.38. The van der Waals surface area contributed by atoms with Gasteiger partial charge in [-0.2, -0.15) is 0 Å². The molecule has 2 rings (SSSR count). The number of piperidine rings is 2. The van der Waals surface area contributed by atoms with Crippen molar-refractivity contribution in [1.82, 2.24) is 9.80 Å². The Hall–Kier alpha value is -1.36. The highest BCUT2D eigenvalue weighted by Gasteiger charge is 2.46. The van der Waals surface area contributed by atoms with E-state index in [1.54, 1.807) is 0 Å². The van der Waals surface area contributed by atoms with Crippen LogP contribution in [0.2, 0.25) is 0 Å². The van der Waals surface area contributed by atoms with Crippen LogP contribution >= 0.6 is 0 Å². The van der Waals surface area contributed by atoms with Crippen LogP contribution in [-0.2, 0) is 9.59 Å². The zero-order chi connectivity index (χ0) is 17.6. The Kier molecular flexibility index (Phi) is 6.84. The van der Waals surface area contributed by atoms with Crippen molar-refractivity contribution in [2.24, 2.45) is 5.41 Å². The molecule has 0 aliphatic carbocycles. The van der Waals surface area contributed by atoms with Gasteiger partial charge in [0, 0.05) is 44.4 Å². The topological polar surface area (TPSA) is 60.9 Å². The van der Waals surface area contributed by atoms with Gasteiger partial charge in [-0.15, -0.1) is 0 Å². The van der Waals surface area contributed by atoms with E-state index in [1.165, 1.54) is 0 Å². The lowest BCUT2D eigenvalue weighted by Gasteiger charge is -2.51. The van der Waals surface area contributed by atoms with E-state index in [9.17, 15) is 14.7 Å². The molecule has 0 aromatic heterocycles. The van der Waals surface area contributed by atoms with Crippen LogP contribution in [0.4, 0.5) is 0 Å². The Morgan fingerprint density at radius 3 is 2.58 bits per heavy atom. The van der Waals surface area contributed by atoms with Gasteiger partial charge in [-0.3, -0.25) is 9.59 Å². The van der Waals surface area contributed by atoms with Gasteiger partial charge in [-0.05, 0) is 39.0 Å². The normalized spacial score (nSPS) is 27.9. The Morgan fingerprint density at radius 2 is 1.92 bits per heavy atom. The number of carbonyl (C=O) groups excluding carboxylic acids is 2. The largest absolute Gasteiger partial charge is 0.392 e. The molecule has 2 aliphatic heterocycles. The van der Waals surface area contributed by atoms with E-state index in [0.717, 1.165) is 32.2 Å². The number of allylic oxidation sites excluding steroid dienone is 2. The van der Waals surface area contributed by atoms with E-state index in [0.29, 0.717) is 38.9 Å². The monoisotopic (exact) mass is 336 g/mol. The standard InChI is InChI=1S/C19H32N2O3/c1-3-5-6-7-9-18(24)20-12-8-11-19(14-20)15-21(17(23)4-2)13-10-16(19)22/h3,5,16,22H,4,6-15H2,1-2H3/b5-3+/t16-,19+/m1/s1. The average Bonchev–Trinajstić information content (AvgIpc) is 2.60. The van der Waals surface area contributed by atoms with Gasteiger partial charge in [-0.1, -0.05) is 19.1 Å². The fourth-order valence-corrected chi connectivity index (χ4v) is 4.06. The van der Waals surface area contributed by atoms with Crippen molar-refractivity contribution in [1.29, 1.82) is 0 Å². The molecule has 2 aliphatic rings. The molecular weight excluding hydrogens is 304 g/mol. The van der Waals surface area contributed by atoms with Crippen molar-refractivity contribution in [3.63, 3.8) is 0 Å². The molecule has 0 aromatic rings. The van der Waals surface area contributed by atoms with Crippen LogP contribution in [0.3, 0.4) is 0 Å². The number of hydrogen-bond donors (Lipinski definition) is 1. The third-order valence-electron chi connectivity index (χ3n) is 5.50. The Morgan fingerprint density at radius 1 is 1.21 bits per heavy atom. The average molecular weight is 336 g/mol. The van der Waals surface area contributed by atoms with Gasteiger partial charge in [0.05, 0.1) is 6.10 Å². The van der Waals surface area contributed by atoms with Gasteiger partial charge < -0.3 is 14.9 Å². The van der Waals surface area contributed by atoms with Crippen molar-refractivity contribution < 1.29 is 14.7 Å². The second-order valence-electron chi connectivity index (χ2n) is 7.22. The maximum Gasteiger partial charge on any atom is 0.222 e. The molecule has 24 heavy (non-hydrogen) atoms. The number of rotatable bonds is 5. The summed E-state index contributed by atoms with van der Waals surface area (Å²) in [7, 11) is 0. The van der Waals surface area contributed by atoms with Crippen molar-refractivity contribution >= 4 is 11.8 Å². The van der Waals surface area contributed by atoms with E-state index >= 15 is 0 Å². The van der Waals surface area contributed by atoms with Crippen LogP contribution in [0.25, 0.3) is 0 Å². The van der Waals surface area contributed by atoms with Crippen molar-refractivity contribution in [2.45, 2.75) is 64.9 Å². The summed E-state index contributed by atoms with van der Waals surface area (Å²) >= 11 is 0. The zero-order valence-electron chi connectivity index (χ0n) is 15.2. The van der Waals surface area contributed by atoms with Gasteiger partial charge in [0.15, 0.2) is 0 Å². The minimum Gasteiger partial charge on any atom is -0.392 e. The molecule has 2 heterocycles. The minimum absolute atomic E-state index is 0.149. The van der Waals surface area contributed by atoms with E-state index in [4.69, 9.17) is 0 Å². The van der Waals surface area contributed by atoms with Crippen LogP contribution in [-0.4, -0.2) is 59.0 Å². The summed E-state index contributed by atoms with van der Waals surface area (Å²) in [5.41, 5.74) is -0.333. The predicted molar refractivity (Wildman–Crippen MR) is 94.4 cm³/mol. The van der Waals surface area contributed by atoms with Crippen LogP contribution in [0, 0.1) is 5.41 Å². The van der Waals surface area contributed by atoms with Crippen molar-refractivity contribution in [3.8, 4) is 0 Å². The molecule has 0 unspecified atom stereocenters. The second-order valence-corrected chi connectivity index (χ2v) is 7.22. The first-order chi connectivity index (χ1) is 11.5. The number of likely N-dealkylation sites (tertiary alicyclic amines) is 2. The summed E-state index contributed by atoms with van der Waals surface area (Å²) in [5, 5.41) is 10.6. The Balaban J connectivity index is 1.98. The van der Waals surface area contributed by atoms with Gasteiger partial charge >= 0.3 is 0 Å². The fraction of sp³-hybridized carbons (Fsp3) is 0.789. The van der Waals surface area contributed by atoms with E-state index in [-0.39, 0.29) is 17.2 Å². The number of aliphatic hydroxyl groups excluding tert-OH is 1. The molecule has 0 aromatic carbocycles. The number of amides is 2. The van der Waals surface area contributed by atoms with Gasteiger partial charge in [-0.25, -0.2) is 0 Å². The lowest BCUT2D eigenvalue weighted by Crippen LogP contribution is -2.60. The Bertz CT molecular complexity index is 477. The van der Waals surface area contributed by atoms with E-state index in [1.807, 2.05) is 29.7 Å². The van der Waals surface area contributed by atoms with Crippen LogP contribution in [0.15, 0.2) is 12.2 Å². The van der Waals surface area contributed by atoms with Crippen LogP contribution in [0.1, 0.15) is 58.8 Å². The highest BCUT2D eigenvalue weighted by atomic mass is 16.3. The molecule has 2 fully saturated rings. The first-order valence-corrected chi connectivity index (χ1v) is 9.37. The first kappa shape index (κ1) is 19.0. The molecule has 2 amide bonds. The van der Waals surface area contributed by atoms with Crippen molar-refractivity contribution in [2.75, 3.05) is 26.2 Å². The third-order valence-corrected chi connectivity index (χ3v) is 5.50. The number of unbranched alkanes of at least 4 members (excludes halogenated alkanes) is 1. The summed E-state index contributed by atoms with van der Waals surface area (Å²) in [4.78, 5) is 28.4. The van der Waals surface area contributed by atoms with Gasteiger partial charge in [0.2, 0.25) is 11.8 Å². The summed E-state index contributed by atoms with van der Waals surface area (Å²) in [5.74, 6) is 0.334. The van der Waals surface area contributed by atoms with Gasteiger partial charge in [0.25, 0.3) is 0 Å². The molecule has 2 atom stereocenters. The number of nitrogens with zero attached hydrogens (tertiary/aromatic N) is 2. The number of aliphatic hydroxyl groups is 1. The molecule has 5 heteroatoms. The minimum atomic E-state index is -0.419. The summed E-state index contributed by atoms with van der Waals surface area (Å²) in [6.45, 7) is 6.45. The summed E-state index contributed by atoms with van der Waals surface area (Å²) < 4.78 is 0. The first-order valence-electron chi connectivity index (χ1n) is 9.37. The molecule has 1 N–H and O–H groups in total. The predicted octanol–water partition coefficient (Wildman–Crippen LogP) is 2.34.